The molecule has 1 heterocycles. The molecule has 25 heavy (non-hydrogen) atoms. The number of aromatic nitrogens is 1. The number of pyridine rings is 1. The number of rotatable bonds is 8. The summed E-state index contributed by atoms with van der Waals surface area (Å²) < 4.78 is 18.6. The second-order valence-electron chi connectivity index (χ2n) is 6.07. The van der Waals surface area contributed by atoms with Crippen LogP contribution in [0.2, 0.25) is 0 Å². The number of nitrogens with one attached hydrogen (secondary N) is 1. The maximum Gasteiger partial charge on any atom is 0.220 e. The van der Waals surface area contributed by atoms with Crippen molar-refractivity contribution in [3.8, 4) is 5.75 Å². The predicted octanol–water partition coefficient (Wildman–Crippen LogP) is 2.79. The van der Waals surface area contributed by atoms with E-state index < -0.39 is 11.9 Å². The topological polar surface area (TPSA) is 71.5 Å². The number of aliphatic hydroxyl groups is 1. The van der Waals surface area contributed by atoms with Crippen molar-refractivity contribution >= 4 is 5.91 Å². The van der Waals surface area contributed by atoms with Crippen molar-refractivity contribution in [3.63, 3.8) is 0 Å². The summed E-state index contributed by atoms with van der Waals surface area (Å²) in [5.41, 5.74) is 1.36. The Labute approximate surface area is 146 Å². The van der Waals surface area contributed by atoms with E-state index in [0.717, 1.165) is 11.9 Å². The van der Waals surface area contributed by atoms with Crippen LogP contribution < -0.4 is 10.1 Å². The largest absolute Gasteiger partial charge is 0.491 e. The van der Waals surface area contributed by atoms with E-state index in [2.05, 4.69) is 10.3 Å². The van der Waals surface area contributed by atoms with Gasteiger partial charge in [0.05, 0.1) is 18.4 Å². The second kappa shape index (κ2) is 9.13. The van der Waals surface area contributed by atoms with Gasteiger partial charge in [0.15, 0.2) is 0 Å². The summed E-state index contributed by atoms with van der Waals surface area (Å²) in [6, 6.07) is 8.48. The molecule has 0 radical (unpaired) electrons. The highest BCUT2D eigenvalue weighted by atomic mass is 19.1. The SMILES string of the molecule is CC(C)Oc1ccc(C(O)CNC(=O)CCc2cncc(F)c2)cc1. The minimum Gasteiger partial charge on any atom is -0.491 e. The number of nitrogens with zero attached hydrogens (tertiary/aromatic N) is 1. The Kier molecular flexibility index (Phi) is 6.89. The molecule has 2 N–H and O–H groups in total. The van der Waals surface area contributed by atoms with Crippen LogP contribution in [-0.4, -0.2) is 28.6 Å². The number of carbonyl (C=O) groups is 1. The third-order valence-electron chi connectivity index (χ3n) is 3.53. The molecule has 134 valence electrons. The lowest BCUT2D eigenvalue weighted by atomic mass is 10.1. The monoisotopic (exact) mass is 346 g/mol. The first-order valence-corrected chi connectivity index (χ1v) is 8.25. The lowest BCUT2D eigenvalue weighted by molar-refractivity contribution is -0.121. The van der Waals surface area contributed by atoms with E-state index in [1.165, 1.54) is 12.3 Å². The minimum absolute atomic E-state index is 0.0864. The minimum atomic E-state index is -0.798. The molecular formula is C19H23FN2O3. The van der Waals surface area contributed by atoms with Crippen LogP contribution in [0, 0.1) is 5.82 Å². The molecule has 0 aliphatic heterocycles. The number of halogens is 1. The van der Waals surface area contributed by atoms with Crippen LogP contribution >= 0.6 is 0 Å². The molecular weight excluding hydrogens is 323 g/mol. The van der Waals surface area contributed by atoms with Crippen molar-refractivity contribution in [1.29, 1.82) is 0 Å². The number of hydrogen-bond acceptors (Lipinski definition) is 4. The maximum absolute atomic E-state index is 13.0. The van der Waals surface area contributed by atoms with Crippen molar-refractivity contribution in [1.82, 2.24) is 10.3 Å². The average molecular weight is 346 g/mol. The Morgan fingerprint density at radius 1 is 1.28 bits per heavy atom. The molecule has 1 unspecified atom stereocenters. The lowest BCUT2D eigenvalue weighted by Crippen LogP contribution is -2.28. The van der Waals surface area contributed by atoms with Crippen molar-refractivity contribution in [3.05, 3.63) is 59.7 Å². The summed E-state index contributed by atoms with van der Waals surface area (Å²) in [7, 11) is 0. The third-order valence-corrected chi connectivity index (χ3v) is 3.53. The van der Waals surface area contributed by atoms with E-state index in [1.54, 1.807) is 24.3 Å². The highest BCUT2D eigenvalue weighted by molar-refractivity contribution is 5.76. The molecule has 2 aromatic rings. The van der Waals surface area contributed by atoms with Gasteiger partial charge in [0.2, 0.25) is 5.91 Å². The van der Waals surface area contributed by atoms with Gasteiger partial charge in [-0.25, -0.2) is 4.39 Å². The van der Waals surface area contributed by atoms with Crippen molar-refractivity contribution in [2.45, 2.75) is 38.9 Å². The predicted molar refractivity (Wildman–Crippen MR) is 92.7 cm³/mol. The van der Waals surface area contributed by atoms with Gasteiger partial charge in [-0.1, -0.05) is 12.1 Å². The number of hydrogen-bond donors (Lipinski definition) is 2. The summed E-state index contributed by atoms with van der Waals surface area (Å²) in [6.07, 6.45) is 2.55. The summed E-state index contributed by atoms with van der Waals surface area (Å²) in [5.74, 6) is 0.111. The van der Waals surface area contributed by atoms with E-state index in [1.807, 2.05) is 13.8 Å². The molecule has 1 atom stereocenters. The molecule has 0 saturated carbocycles. The van der Waals surface area contributed by atoms with Gasteiger partial charge >= 0.3 is 0 Å². The highest BCUT2D eigenvalue weighted by Crippen LogP contribution is 2.18. The first-order valence-electron chi connectivity index (χ1n) is 8.25. The Bertz CT molecular complexity index is 689. The van der Waals surface area contributed by atoms with Gasteiger partial charge < -0.3 is 15.2 Å². The summed E-state index contributed by atoms with van der Waals surface area (Å²) in [4.78, 5) is 15.6. The molecule has 0 aliphatic carbocycles. The molecule has 1 aromatic heterocycles. The molecule has 1 amide bonds. The molecule has 2 rings (SSSR count). The van der Waals surface area contributed by atoms with Crippen molar-refractivity contribution in [2.75, 3.05) is 6.54 Å². The molecule has 0 saturated heterocycles. The van der Waals surface area contributed by atoms with Crippen molar-refractivity contribution in [2.24, 2.45) is 0 Å². The van der Waals surface area contributed by atoms with Crippen LogP contribution in [0.4, 0.5) is 4.39 Å². The number of carbonyl (C=O) groups excluding carboxylic acids is 1. The van der Waals surface area contributed by atoms with Crippen molar-refractivity contribution < 1.29 is 19.0 Å². The standard InChI is InChI=1S/C19H23FN2O3/c1-13(2)25-17-6-4-15(5-7-17)18(23)12-22-19(24)8-3-14-9-16(20)11-21-10-14/h4-7,9-11,13,18,23H,3,8,12H2,1-2H3,(H,22,24). The molecule has 6 heteroatoms. The van der Waals surface area contributed by atoms with E-state index in [4.69, 9.17) is 4.74 Å². The van der Waals surface area contributed by atoms with Crippen LogP contribution in [0.25, 0.3) is 0 Å². The second-order valence-corrected chi connectivity index (χ2v) is 6.07. The molecule has 0 aliphatic rings. The lowest BCUT2D eigenvalue weighted by Gasteiger charge is -2.14. The first kappa shape index (κ1) is 18.9. The Hall–Kier alpha value is -2.47. The van der Waals surface area contributed by atoms with Gasteiger partial charge in [-0.05, 0) is 49.6 Å². The van der Waals surface area contributed by atoms with Crippen LogP contribution in [-0.2, 0) is 11.2 Å². The Balaban J connectivity index is 1.76. The molecule has 0 fully saturated rings. The Morgan fingerprint density at radius 3 is 2.64 bits per heavy atom. The van der Waals surface area contributed by atoms with Crippen LogP contribution in [0.15, 0.2) is 42.7 Å². The molecule has 0 spiro atoms. The van der Waals surface area contributed by atoms with E-state index >= 15 is 0 Å². The van der Waals surface area contributed by atoms with Gasteiger partial charge in [-0.15, -0.1) is 0 Å². The third kappa shape index (κ3) is 6.51. The number of aliphatic hydroxyl groups excluding tert-OH is 1. The summed E-state index contributed by atoms with van der Waals surface area (Å²) in [6.45, 7) is 4.00. The number of benzene rings is 1. The number of amides is 1. The van der Waals surface area contributed by atoms with E-state index in [9.17, 15) is 14.3 Å². The number of aryl methyl sites for hydroxylation is 1. The maximum atomic E-state index is 13.0. The zero-order chi connectivity index (χ0) is 18.2. The smallest absolute Gasteiger partial charge is 0.220 e. The van der Waals surface area contributed by atoms with Crippen LogP contribution in [0.1, 0.15) is 37.5 Å². The highest BCUT2D eigenvalue weighted by Gasteiger charge is 2.10. The van der Waals surface area contributed by atoms with Gasteiger partial charge in [0, 0.05) is 19.2 Å². The van der Waals surface area contributed by atoms with Gasteiger partial charge in [0.25, 0.3) is 0 Å². The average Bonchev–Trinajstić information content (AvgIpc) is 2.58. The summed E-state index contributed by atoms with van der Waals surface area (Å²) in [5, 5.41) is 12.8. The van der Waals surface area contributed by atoms with Gasteiger partial charge in [0.1, 0.15) is 11.6 Å². The normalized spacial score (nSPS) is 12.0. The fraction of sp³-hybridized carbons (Fsp3) is 0.368. The van der Waals surface area contributed by atoms with E-state index in [-0.39, 0.29) is 25.0 Å². The van der Waals surface area contributed by atoms with E-state index in [0.29, 0.717) is 17.5 Å². The molecule has 1 aromatic carbocycles. The fourth-order valence-corrected chi connectivity index (χ4v) is 2.31. The zero-order valence-corrected chi connectivity index (χ0v) is 14.4. The summed E-state index contributed by atoms with van der Waals surface area (Å²) >= 11 is 0. The number of ether oxygens (including phenoxy) is 1. The fourth-order valence-electron chi connectivity index (χ4n) is 2.31. The van der Waals surface area contributed by atoms with Crippen LogP contribution in [0.5, 0.6) is 5.75 Å². The van der Waals surface area contributed by atoms with Crippen LogP contribution in [0.3, 0.4) is 0 Å². The quantitative estimate of drug-likeness (QED) is 0.771. The first-order chi connectivity index (χ1) is 11.9. The molecule has 0 bridgehead atoms. The molecule has 5 nitrogen and oxygen atoms in total. The Morgan fingerprint density at radius 2 is 2.00 bits per heavy atom. The van der Waals surface area contributed by atoms with Gasteiger partial charge in [-0.2, -0.15) is 0 Å². The zero-order valence-electron chi connectivity index (χ0n) is 14.4. The van der Waals surface area contributed by atoms with Gasteiger partial charge in [-0.3, -0.25) is 9.78 Å².